The van der Waals surface area contributed by atoms with Crippen LogP contribution in [0.15, 0.2) is 36.5 Å². The van der Waals surface area contributed by atoms with E-state index in [0.29, 0.717) is 16.8 Å². The first-order valence-corrected chi connectivity index (χ1v) is 8.27. The highest BCUT2D eigenvalue weighted by Gasteiger charge is 2.15. The Morgan fingerprint density at radius 1 is 1.25 bits per heavy atom. The number of piperidine rings is 1. The number of carbonyl (C=O) groups excluding carboxylic acids is 1. The average molecular weight is 319 g/mol. The van der Waals surface area contributed by atoms with Gasteiger partial charge in [0.05, 0.1) is 11.9 Å². The van der Waals surface area contributed by atoms with Crippen LogP contribution in [0.25, 0.3) is 0 Å². The molecule has 0 radical (unpaired) electrons. The summed E-state index contributed by atoms with van der Waals surface area (Å²) in [6.07, 6.45) is 10.8. The summed E-state index contributed by atoms with van der Waals surface area (Å²) in [5.74, 6) is 3.38. The Bertz CT molecular complexity index is 786. The van der Waals surface area contributed by atoms with E-state index < -0.39 is 0 Å². The summed E-state index contributed by atoms with van der Waals surface area (Å²) in [6, 6.07) is 9.01. The van der Waals surface area contributed by atoms with Crippen LogP contribution in [0.2, 0.25) is 0 Å². The standard InChI is InChI=1S/C20H21N3O/c1-3-16-8-7-9-17(13-16)20(24)22-18-12-15(2)19(21-14-18)23-10-5-4-6-11-23/h1,7-9,12-14H,4-6,10-11H2,2H3,(H,22,24). The maximum Gasteiger partial charge on any atom is 0.255 e. The molecule has 2 heterocycles. The second-order valence-electron chi connectivity index (χ2n) is 6.09. The van der Waals surface area contributed by atoms with Crippen molar-refractivity contribution >= 4 is 17.4 Å². The molecule has 1 aliphatic rings. The van der Waals surface area contributed by atoms with E-state index >= 15 is 0 Å². The van der Waals surface area contributed by atoms with Crippen molar-refractivity contribution in [2.24, 2.45) is 0 Å². The van der Waals surface area contributed by atoms with Crippen LogP contribution in [0.4, 0.5) is 11.5 Å². The molecule has 24 heavy (non-hydrogen) atoms. The molecule has 4 nitrogen and oxygen atoms in total. The van der Waals surface area contributed by atoms with Crippen LogP contribution in [0.1, 0.15) is 40.7 Å². The van der Waals surface area contributed by atoms with E-state index in [4.69, 9.17) is 6.42 Å². The summed E-state index contributed by atoms with van der Waals surface area (Å²) in [6.45, 7) is 4.14. The van der Waals surface area contributed by atoms with Gasteiger partial charge in [-0.25, -0.2) is 4.98 Å². The normalized spacial score (nSPS) is 14.1. The first kappa shape index (κ1) is 16.1. The SMILES string of the molecule is C#Cc1cccc(C(=O)Nc2cnc(N3CCCCC3)c(C)c2)c1. The van der Waals surface area contributed by atoms with Crippen LogP contribution < -0.4 is 10.2 Å². The fraction of sp³-hybridized carbons (Fsp3) is 0.300. The van der Waals surface area contributed by atoms with Crippen molar-refractivity contribution in [1.29, 1.82) is 0 Å². The zero-order valence-electron chi connectivity index (χ0n) is 13.9. The maximum atomic E-state index is 12.4. The molecule has 1 amide bonds. The van der Waals surface area contributed by atoms with Crippen LogP contribution >= 0.6 is 0 Å². The number of benzene rings is 1. The number of nitrogens with one attached hydrogen (secondary N) is 1. The lowest BCUT2D eigenvalue weighted by Crippen LogP contribution is -2.30. The van der Waals surface area contributed by atoms with Gasteiger partial charge in [-0.2, -0.15) is 0 Å². The first-order chi connectivity index (χ1) is 11.7. The highest BCUT2D eigenvalue weighted by molar-refractivity contribution is 6.04. The number of pyridine rings is 1. The molecule has 0 spiro atoms. The number of amides is 1. The summed E-state index contributed by atoms with van der Waals surface area (Å²) in [4.78, 5) is 19.2. The van der Waals surface area contributed by atoms with Gasteiger partial charge in [0, 0.05) is 24.2 Å². The summed E-state index contributed by atoms with van der Waals surface area (Å²) >= 11 is 0. The van der Waals surface area contributed by atoms with Crippen molar-refractivity contribution in [2.75, 3.05) is 23.3 Å². The number of aryl methyl sites for hydroxylation is 1. The molecule has 1 N–H and O–H groups in total. The second kappa shape index (κ2) is 7.18. The van der Waals surface area contributed by atoms with Crippen molar-refractivity contribution in [3.63, 3.8) is 0 Å². The Labute approximate surface area is 142 Å². The van der Waals surface area contributed by atoms with Crippen molar-refractivity contribution < 1.29 is 4.79 Å². The zero-order chi connectivity index (χ0) is 16.9. The summed E-state index contributed by atoms with van der Waals surface area (Å²) in [5, 5.41) is 2.89. The molecule has 1 aromatic carbocycles. The van der Waals surface area contributed by atoms with Gasteiger partial charge < -0.3 is 10.2 Å². The number of nitrogens with zero attached hydrogens (tertiary/aromatic N) is 2. The van der Waals surface area contributed by atoms with Gasteiger partial charge >= 0.3 is 0 Å². The summed E-state index contributed by atoms with van der Waals surface area (Å²) < 4.78 is 0. The topological polar surface area (TPSA) is 45.2 Å². The Morgan fingerprint density at radius 3 is 2.75 bits per heavy atom. The molecule has 1 aromatic heterocycles. The molecular weight excluding hydrogens is 298 g/mol. The van der Waals surface area contributed by atoms with Gasteiger partial charge in [-0.05, 0) is 56.0 Å². The molecule has 4 heteroatoms. The number of anilines is 2. The lowest BCUT2D eigenvalue weighted by atomic mass is 10.1. The lowest BCUT2D eigenvalue weighted by Gasteiger charge is -2.29. The van der Waals surface area contributed by atoms with E-state index in [1.165, 1.54) is 19.3 Å². The molecule has 1 saturated heterocycles. The number of terminal acetylenes is 1. The number of rotatable bonds is 3. The van der Waals surface area contributed by atoms with Crippen LogP contribution in [0.3, 0.4) is 0 Å². The average Bonchev–Trinajstić information content (AvgIpc) is 2.62. The van der Waals surface area contributed by atoms with Gasteiger partial charge in [0.25, 0.3) is 5.91 Å². The van der Waals surface area contributed by atoms with Crippen LogP contribution in [0, 0.1) is 19.3 Å². The van der Waals surface area contributed by atoms with E-state index in [2.05, 4.69) is 21.1 Å². The third kappa shape index (κ3) is 3.57. The Hall–Kier alpha value is -2.80. The van der Waals surface area contributed by atoms with Gasteiger partial charge in [-0.15, -0.1) is 6.42 Å². The number of aromatic nitrogens is 1. The second-order valence-corrected chi connectivity index (χ2v) is 6.09. The number of carbonyl (C=O) groups is 1. The fourth-order valence-corrected chi connectivity index (χ4v) is 3.03. The van der Waals surface area contributed by atoms with Crippen molar-refractivity contribution in [3.05, 3.63) is 53.2 Å². The van der Waals surface area contributed by atoms with E-state index in [0.717, 1.165) is 24.5 Å². The van der Waals surface area contributed by atoms with Gasteiger partial charge in [-0.1, -0.05) is 12.0 Å². The molecule has 0 unspecified atom stereocenters. The third-order valence-electron chi connectivity index (χ3n) is 4.26. The maximum absolute atomic E-state index is 12.4. The molecule has 0 bridgehead atoms. The van der Waals surface area contributed by atoms with Crippen molar-refractivity contribution in [2.45, 2.75) is 26.2 Å². The molecule has 1 fully saturated rings. The Morgan fingerprint density at radius 2 is 2.04 bits per heavy atom. The van der Waals surface area contributed by atoms with Crippen LogP contribution in [0.5, 0.6) is 0 Å². The van der Waals surface area contributed by atoms with E-state index in [1.54, 1.807) is 30.5 Å². The van der Waals surface area contributed by atoms with Gasteiger partial charge in [0.1, 0.15) is 5.82 Å². The smallest absolute Gasteiger partial charge is 0.255 e. The summed E-state index contributed by atoms with van der Waals surface area (Å²) in [5.41, 5.74) is 3.01. The minimum atomic E-state index is -0.181. The number of hydrogen-bond acceptors (Lipinski definition) is 3. The van der Waals surface area contributed by atoms with Gasteiger partial charge in [0.2, 0.25) is 0 Å². The van der Waals surface area contributed by atoms with E-state index in [-0.39, 0.29) is 5.91 Å². The lowest BCUT2D eigenvalue weighted by molar-refractivity contribution is 0.102. The Balaban J connectivity index is 1.74. The minimum Gasteiger partial charge on any atom is -0.356 e. The quantitative estimate of drug-likeness (QED) is 0.879. The molecule has 0 atom stereocenters. The van der Waals surface area contributed by atoms with E-state index in [9.17, 15) is 4.79 Å². The third-order valence-corrected chi connectivity index (χ3v) is 4.26. The van der Waals surface area contributed by atoms with Gasteiger partial charge in [-0.3, -0.25) is 4.79 Å². The highest BCUT2D eigenvalue weighted by atomic mass is 16.1. The fourth-order valence-electron chi connectivity index (χ4n) is 3.03. The summed E-state index contributed by atoms with van der Waals surface area (Å²) in [7, 11) is 0. The highest BCUT2D eigenvalue weighted by Crippen LogP contribution is 2.23. The zero-order valence-corrected chi connectivity index (χ0v) is 13.9. The van der Waals surface area contributed by atoms with Crippen molar-refractivity contribution in [1.82, 2.24) is 4.98 Å². The molecule has 122 valence electrons. The molecule has 1 aliphatic heterocycles. The predicted octanol–water partition coefficient (Wildman–Crippen LogP) is 3.61. The largest absolute Gasteiger partial charge is 0.356 e. The minimum absolute atomic E-state index is 0.181. The van der Waals surface area contributed by atoms with Crippen LogP contribution in [-0.4, -0.2) is 24.0 Å². The molecule has 2 aromatic rings. The van der Waals surface area contributed by atoms with Crippen molar-refractivity contribution in [3.8, 4) is 12.3 Å². The number of hydrogen-bond donors (Lipinski definition) is 1. The molecule has 0 saturated carbocycles. The predicted molar refractivity (Wildman–Crippen MR) is 97.4 cm³/mol. The van der Waals surface area contributed by atoms with E-state index in [1.807, 2.05) is 13.0 Å². The molecule has 0 aliphatic carbocycles. The molecular formula is C20H21N3O. The van der Waals surface area contributed by atoms with Crippen LogP contribution in [-0.2, 0) is 0 Å². The first-order valence-electron chi connectivity index (χ1n) is 8.27. The monoisotopic (exact) mass is 319 g/mol. The Kier molecular flexibility index (Phi) is 4.81. The van der Waals surface area contributed by atoms with Gasteiger partial charge in [0.15, 0.2) is 0 Å². The molecule has 3 rings (SSSR count).